The molecule has 2 rings (SSSR count). The lowest BCUT2D eigenvalue weighted by molar-refractivity contribution is -0.127. The standard InChI is InChI=1S/C15H25N5O/c1-4-7-20(11-14(21)19(2)3)15-17-9-12(10-18-15)8-16-13-5-6-13/h9-10,13,16H,4-8,11H2,1-3H3. The van der Waals surface area contributed by atoms with Gasteiger partial charge in [-0.25, -0.2) is 9.97 Å². The summed E-state index contributed by atoms with van der Waals surface area (Å²) in [5, 5.41) is 3.44. The molecule has 1 fully saturated rings. The first-order valence-electron chi connectivity index (χ1n) is 7.59. The fraction of sp³-hybridized carbons (Fsp3) is 0.667. The van der Waals surface area contributed by atoms with Crippen LogP contribution >= 0.6 is 0 Å². The molecule has 0 aliphatic heterocycles. The van der Waals surface area contributed by atoms with Gasteiger partial charge in [-0.05, 0) is 19.3 Å². The van der Waals surface area contributed by atoms with Gasteiger partial charge in [0.05, 0.1) is 6.54 Å². The zero-order valence-electron chi connectivity index (χ0n) is 13.2. The SMILES string of the molecule is CCCN(CC(=O)N(C)C)c1ncc(CNC2CC2)cn1. The first kappa shape index (κ1) is 15.7. The van der Waals surface area contributed by atoms with E-state index in [0.717, 1.165) is 25.1 Å². The maximum atomic E-state index is 11.9. The van der Waals surface area contributed by atoms with Crippen molar-refractivity contribution in [1.29, 1.82) is 0 Å². The van der Waals surface area contributed by atoms with Crippen molar-refractivity contribution in [1.82, 2.24) is 20.2 Å². The van der Waals surface area contributed by atoms with Crippen LogP contribution in [0.15, 0.2) is 12.4 Å². The van der Waals surface area contributed by atoms with Crippen molar-refractivity contribution in [3.05, 3.63) is 18.0 Å². The van der Waals surface area contributed by atoms with Gasteiger partial charge in [0.25, 0.3) is 0 Å². The van der Waals surface area contributed by atoms with E-state index in [0.29, 0.717) is 18.5 Å². The molecule has 1 N–H and O–H groups in total. The van der Waals surface area contributed by atoms with Gasteiger partial charge in [-0.15, -0.1) is 0 Å². The molecule has 1 aromatic heterocycles. The van der Waals surface area contributed by atoms with Crippen molar-refractivity contribution in [2.75, 3.05) is 32.1 Å². The van der Waals surface area contributed by atoms with Crippen LogP contribution < -0.4 is 10.2 Å². The third-order valence-corrected chi connectivity index (χ3v) is 3.47. The molecule has 6 nitrogen and oxygen atoms in total. The Kier molecular flexibility index (Phi) is 5.50. The molecule has 116 valence electrons. The molecule has 1 amide bonds. The largest absolute Gasteiger partial charge is 0.347 e. The van der Waals surface area contributed by atoms with Gasteiger partial charge in [0.1, 0.15) is 0 Å². The minimum absolute atomic E-state index is 0.0616. The number of aromatic nitrogens is 2. The number of carbonyl (C=O) groups is 1. The molecule has 0 atom stereocenters. The van der Waals surface area contributed by atoms with Crippen LogP contribution in [-0.2, 0) is 11.3 Å². The Balaban J connectivity index is 1.96. The van der Waals surface area contributed by atoms with Gasteiger partial charge in [0.2, 0.25) is 11.9 Å². The summed E-state index contributed by atoms with van der Waals surface area (Å²) in [4.78, 5) is 24.2. The van der Waals surface area contributed by atoms with Crippen LogP contribution in [0, 0.1) is 0 Å². The molecule has 0 aromatic carbocycles. The van der Waals surface area contributed by atoms with Gasteiger partial charge in [-0.1, -0.05) is 6.92 Å². The fourth-order valence-corrected chi connectivity index (χ4v) is 1.98. The van der Waals surface area contributed by atoms with E-state index >= 15 is 0 Å². The number of nitrogens with one attached hydrogen (secondary N) is 1. The summed E-state index contributed by atoms with van der Waals surface area (Å²) in [6.07, 6.45) is 7.20. The van der Waals surface area contributed by atoms with E-state index in [-0.39, 0.29) is 5.91 Å². The molecule has 21 heavy (non-hydrogen) atoms. The molecule has 6 heteroatoms. The van der Waals surface area contributed by atoms with E-state index in [1.807, 2.05) is 17.3 Å². The molecule has 0 saturated heterocycles. The monoisotopic (exact) mass is 291 g/mol. The molecule has 1 saturated carbocycles. The minimum atomic E-state index is 0.0616. The molecule has 0 bridgehead atoms. The topological polar surface area (TPSA) is 61.4 Å². The van der Waals surface area contributed by atoms with E-state index in [4.69, 9.17) is 0 Å². The highest BCUT2D eigenvalue weighted by atomic mass is 16.2. The summed E-state index contributed by atoms with van der Waals surface area (Å²) < 4.78 is 0. The molecular formula is C15H25N5O. The molecule has 1 heterocycles. The van der Waals surface area contributed by atoms with Crippen LogP contribution in [0.5, 0.6) is 0 Å². The van der Waals surface area contributed by atoms with E-state index in [2.05, 4.69) is 22.2 Å². The average Bonchev–Trinajstić information content (AvgIpc) is 3.29. The van der Waals surface area contributed by atoms with Crippen LogP contribution in [-0.4, -0.2) is 54.0 Å². The quantitative estimate of drug-likeness (QED) is 0.775. The van der Waals surface area contributed by atoms with Gasteiger partial charge < -0.3 is 15.1 Å². The molecule has 1 aliphatic carbocycles. The summed E-state index contributed by atoms with van der Waals surface area (Å²) in [5.41, 5.74) is 1.08. The summed E-state index contributed by atoms with van der Waals surface area (Å²) in [6.45, 7) is 4.00. The number of rotatable bonds is 8. The Morgan fingerprint density at radius 1 is 1.33 bits per heavy atom. The highest BCUT2D eigenvalue weighted by molar-refractivity contribution is 5.80. The van der Waals surface area contributed by atoms with Crippen molar-refractivity contribution >= 4 is 11.9 Å². The highest BCUT2D eigenvalue weighted by Gasteiger charge is 2.20. The highest BCUT2D eigenvalue weighted by Crippen LogP contribution is 2.19. The lowest BCUT2D eigenvalue weighted by atomic mass is 10.3. The third-order valence-electron chi connectivity index (χ3n) is 3.47. The lowest BCUT2D eigenvalue weighted by Gasteiger charge is -2.23. The average molecular weight is 291 g/mol. The Morgan fingerprint density at radius 2 is 2.00 bits per heavy atom. The number of nitrogens with zero attached hydrogens (tertiary/aromatic N) is 4. The van der Waals surface area contributed by atoms with E-state index in [1.165, 1.54) is 12.8 Å². The predicted octanol–water partition coefficient (Wildman–Crippen LogP) is 1.03. The normalized spacial score (nSPS) is 14.0. The molecule has 0 spiro atoms. The number of hydrogen-bond acceptors (Lipinski definition) is 5. The summed E-state index contributed by atoms with van der Waals surface area (Å²) in [5.74, 6) is 0.689. The van der Waals surface area contributed by atoms with Gasteiger partial charge in [0, 0.05) is 51.2 Å². The van der Waals surface area contributed by atoms with Crippen molar-refractivity contribution in [3.63, 3.8) is 0 Å². The Hall–Kier alpha value is -1.69. The van der Waals surface area contributed by atoms with E-state index in [9.17, 15) is 4.79 Å². The Bertz CT molecular complexity index is 456. The second-order valence-corrected chi connectivity index (χ2v) is 5.76. The van der Waals surface area contributed by atoms with Crippen LogP contribution in [0.3, 0.4) is 0 Å². The smallest absolute Gasteiger partial charge is 0.241 e. The first-order valence-corrected chi connectivity index (χ1v) is 7.59. The van der Waals surface area contributed by atoms with Crippen molar-refractivity contribution in [2.45, 2.75) is 38.8 Å². The maximum absolute atomic E-state index is 11.9. The van der Waals surface area contributed by atoms with Gasteiger partial charge >= 0.3 is 0 Å². The number of likely N-dealkylation sites (N-methyl/N-ethyl adjacent to an activating group) is 1. The molecular weight excluding hydrogens is 266 g/mol. The minimum Gasteiger partial charge on any atom is -0.347 e. The Labute approximate surface area is 126 Å². The number of carbonyl (C=O) groups excluding carboxylic acids is 1. The number of anilines is 1. The van der Waals surface area contributed by atoms with Crippen molar-refractivity contribution < 1.29 is 4.79 Å². The zero-order valence-corrected chi connectivity index (χ0v) is 13.2. The lowest BCUT2D eigenvalue weighted by Crippen LogP contribution is -2.38. The molecule has 0 radical (unpaired) electrons. The molecule has 0 unspecified atom stereocenters. The summed E-state index contributed by atoms with van der Waals surface area (Å²) in [7, 11) is 3.53. The summed E-state index contributed by atoms with van der Waals surface area (Å²) >= 11 is 0. The van der Waals surface area contributed by atoms with E-state index in [1.54, 1.807) is 19.0 Å². The van der Waals surface area contributed by atoms with Crippen LogP contribution in [0.4, 0.5) is 5.95 Å². The van der Waals surface area contributed by atoms with Gasteiger partial charge in [-0.3, -0.25) is 4.79 Å². The predicted molar refractivity (Wildman–Crippen MR) is 83.1 cm³/mol. The van der Waals surface area contributed by atoms with E-state index < -0.39 is 0 Å². The van der Waals surface area contributed by atoms with Crippen LogP contribution in [0.2, 0.25) is 0 Å². The fourth-order valence-electron chi connectivity index (χ4n) is 1.98. The number of hydrogen-bond donors (Lipinski definition) is 1. The number of amides is 1. The third kappa shape index (κ3) is 4.97. The summed E-state index contributed by atoms with van der Waals surface area (Å²) in [6, 6.07) is 0.680. The van der Waals surface area contributed by atoms with Gasteiger partial charge in [-0.2, -0.15) is 0 Å². The van der Waals surface area contributed by atoms with Crippen LogP contribution in [0.25, 0.3) is 0 Å². The zero-order chi connectivity index (χ0) is 15.2. The second kappa shape index (κ2) is 7.36. The first-order chi connectivity index (χ1) is 10.1. The van der Waals surface area contributed by atoms with Gasteiger partial charge in [0.15, 0.2) is 0 Å². The van der Waals surface area contributed by atoms with Crippen LogP contribution in [0.1, 0.15) is 31.7 Å². The maximum Gasteiger partial charge on any atom is 0.241 e. The molecule has 1 aliphatic rings. The second-order valence-electron chi connectivity index (χ2n) is 5.76. The van der Waals surface area contributed by atoms with Crippen molar-refractivity contribution in [3.8, 4) is 0 Å². The Morgan fingerprint density at radius 3 is 2.52 bits per heavy atom. The van der Waals surface area contributed by atoms with Crippen molar-refractivity contribution in [2.24, 2.45) is 0 Å². The molecule has 1 aromatic rings.